The minimum absolute atomic E-state index is 0.691. The van der Waals surface area contributed by atoms with Gasteiger partial charge >= 0.3 is 0 Å². The van der Waals surface area contributed by atoms with Gasteiger partial charge in [-0.1, -0.05) is 6.92 Å². The zero-order valence-corrected chi connectivity index (χ0v) is 10.9. The largest absolute Gasteiger partial charge is 0.383 e. The van der Waals surface area contributed by atoms with Gasteiger partial charge in [0.1, 0.15) is 10.8 Å². The van der Waals surface area contributed by atoms with Crippen LogP contribution in [-0.4, -0.2) is 42.0 Å². The maximum absolute atomic E-state index is 5.78. The zero-order valence-electron chi connectivity index (χ0n) is 10.1. The van der Waals surface area contributed by atoms with E-state index in [9.17, 15) is 0 Å². The summed E-state index contributed by atoms with van der Waals surface area (Å²) in [4.78, 5) is 4.94. The number of anilines is 2. The van der Waals surface area contributed by atoms with Crippen LogP contribution in [0.4, 0.5) is 10.8 Å². The average Bonchev–Trinajstić information content (AvgIpc) is 2.62. The van der Waals surface area contributed by atoms with Crippen molar-refractivity contribution in [2.24, 2.45) is 0 Å². The van der Waals surface area contributed by atoms with E-state index >= 15 is 0 Å². The monoisotopic (exact) mass is 240 g/mol. The topological polar surface area (TPSA) is 45.4 Å². The van der Waals surface area contributed by atoms with E-state index in [0.29, 0.717) is 5.82 Å². The summed E-state index contributed by atoms with van der Waals surface area (Å²) in [5.41, 5.74) is 6.93. The number of nitrogen functional groups attached to an aromatic ring is 1. The van der Waals surface area contributed by atoms with E-state index in [1.165, 1.54) is 29.5 Å². The Kier molecular flexibility index (Phi) is 3.66. The highest BCUT2D eigenvalue weighted by Gasteiger charge is 2.20. The smallest absolute Gasteiger partial charge is 0.142 e. The van der Waals surface area contributed by atoms with Crippen LogP contribution in [0.2, 0.25) is 0 Å². The van der Waals surface area contributed by atoms with E-state index in [4.69, 9.17) is 5.73 Å². The van der Waals surface area contributed by atoms with E-state index in [0.717, 1.165) is 31.7 Å². The summed E-state index contributed by atoms with van der Waals surface area (Å²) in [6.07, 6.45) is 1.24. The Morgan fingerprint density at radius 1 is 1.31 bits per heavy atom. The van der Waals surface area contributed by atoms with Crippen molar-refractivity contribution in [2.75, 3.05) is 43.4 Å². The van der Waals surface area contributed by atoms with Crippen molar-refractivity contribution in [2.45, 2.75) is 20.3 Å². The fourth-order valence-electron chi connectivity index (χ4n) is 2.12. The molecule has 0 atom stereocenters. The van der Waals surface area contributed by atoms with E-state index in [2.05, 4.69) is 28.0 Å². The molecular formula is C11H20N4S. The maximum Gasteiger partial charge on any atom is 0.142 e. The minimum Gasteiger partial charge on any atom is -0.383 e. The van der Waals surface area contributed by atoms with Gasteiger partial charge < -0.3 is 10.6 Å². The SMILES string of the molecule is CCCN1CCN(c2snc(N)c2C)CC1. The van der Waals surface area contributed by atoms with Crippen LogP contribution in [0.5, 0.6) is 0 Å². The van der Waals surface area contributed by atoms with Crippen LogP contribution < -0.4 is 10.6 Å². The van der Waals surface area contributed by atoms with Gasteiger partial charge in [0.15, 0.2) is 0 Å². The molecule has 90 valence electrons. The van der Waals surface area contributed by atoms with Crippen molar-refractivity contribution < 1.29 is 0 Å². The quantitative estimate of drug-likeness (QED) is 0.871. The van der Waals surface area contributed by atoms with Crippen molar-refractivity contribution in [1.29, 1.82) is 0 Å². The lowest BCUT2D eigenvalue weighted by atomic mass is 10.2. The van der Waals surface area contributed by atoms with E-state index in [1.54, 1.807) is 0 Å². The Labute approximate surface area is 101 Å². The summed E-state index contributed by atoms with van der Waals surface area (Å²) in [5, 5.41) is 1.26. The summed E-state index contributed by atoms with van der Waals surface area (Å²) < 4.78 is 4.21. The molecule has 4 nitrogen and oxygen atoms in total. The van der Waals surface area contributed by atoms with Crippen molar-refractivity contribution >= 4 is 22.4 Å². The van der Waals surface area contributed by atoms with Crippen molar-refractivity contribution in [3.8, 4) is 0 Å². The molecular weight excluding hydrogens is 220 g/mol. The summed E-state index contributed by atoms with van der Waals surface area (Å²) in [6.45, 7) is 10.0. The molecule has 1 aliphatic rings. The number of nitrogens with zero attached hydrogens (tertiary/aromatic N) is 3. The van der Waals surface area contributed by atoms with Crippen LogP contribution in [0.1, 0.15) is 18.9 Å². The Bertz CT molecular complexity index is 342. The summed E-state index contributed by atoms with van der Waals surface area (Å²) >= 11 is 1.53. The summed E-state index contributed by atoms with van der Waals surface area (Å²) in [7, 11) is 0. The number of nitrogens with two attached hydrogens (primary N) is 1. The Morgan fingerprint density at radius 3 is 2.50 bits per heavy atom. The molecule has 1 aromatic rings. The summed E-state index contributed by atoms with van der Waals surface area (Å²) in [6, 6.07) is 0. The van der Waals surface area contributed by atoms with Gasteiger partial charge in [0.05, 0.1) is 0 Å². The van der Waals surface area contributed by atoms with Crippen LogP contribution in [0.3, 0.4) is 0 Å². The highest BCUT2D eigenvalue weighted by Crippen LogP contribution is 2.30. The standard InChI is InChI=1S/C11H20N4S/c1-3-4-14-5-7-15(8-6-14)11-9(2)10(12)13-16-11/h3-8H2,1-2H3,(H2,12,13). The first-order valence-corrected chi connectivity index (χ1v) is 6.68. The van der Waals surface area contributed by atoms with Crippen molar-refractivity contribution in [3.63, 3.8) is 0 Å². The molecule has 0 spiro atoms. The Balaban J connectivity index is 1.96. The van der Waals surface area contributed by atoms with Gasteiger partial charge in [-0.25, -0.2) is 0 Å². The normalized spacial score (nSPS) is 18.0. The molecule has 1 saturated heterocycles. The molecule has 1 aliphatic heterocycles. The Morgan fingerprint density at radius 2 is 2.00 bits per heavy atom. The molecule has 0 amide bonds. The van der Waals surface area contributed by atoms with Crippen LogP contribution >= 0.6 is 11.5 Å². The molecule has 1 fully saturated rings. The van der Waals surface area contributed by atoms with Crippen molar-refractivity contribution in [1.82, 2.24) is 9.27 Å². The maximum atomic E-state index is 5.78. The van der Waals surface area contributed by atoms with Crippen LogP contribution in [-0.2, 0) is 0 Å². The fraction of sp³-hybridized carbons (Fsp3) is 0.727. The van der Waals surface area contributed by atoms with E-state index < -0.39 is 0 Å². The molecule has 2 heterocycles. The number of aromatic nitrogens is 1. The minimum atomic E-state index is 0.691. The first-order valence-electron chi connectivity index (χ1n) is 5.91. The van der Waals surface area contributed by atoms with Crippen LogP contribution in [0, 0.1) is 6.92 Å². The molecule has 0 unspecified atom stereocenters. The number of rotatable bonds is 3. The van der Waals surface area contributed by atoms with E-state index in [1.807, 2.05) is 0 Å². The van der Waals surface area contributed by atoms with Crippen molar-refractivity contribution in [3.05, 3.63) is 5.56 Å². The van der Waals surface area contributed by atoms with Crippen LogP contribution in [0.25, 0.3) is 0 Å². The second-order valence-electron chi connectivity index (χ2n) is 4.33. The third-order valence-electron chi connectivity index (χ3n) is 3.13. The van der Waals surface area contributed by atoms with Gasteiger partial charge in [0, 0.05) is 31.7 Å². The number of piperazine rings is 1. The average molecular weight is 240 g/mol. The first-order chi connectivity index (χ1) is 7.72. The predicted octanol–water partition coefficient (Wildman–Crippen LogP) is 1.57. The zero-order chi connectivity index (χ0) is 11.5. The first kappa shape index (κ1) is 11.7. The molecule has 0 bridgehead atoms. The molecule has 0 saturated carbocycles. The molecule has 2 N–H and O–H groups in total. The lowest BCUT2D eigenvalue weighted by molar-refractivity contribution is 0.259. The molecule has 0 radical (unpaired) electrons. The summed E-state index contributed by atoms with van der Waals surface area (Å²) in [5.74, 6) is 0.691. The fourth-order valence-corrected chi connectivity index (χ4v) is 2.99. The van der Waals surface area contributed by atoms with Gasteiger partial charge in [0.2, 0.25) is 0 Å². The van der Waals surface area contributed by atoms with Gasteiger partial charge in [-0.3, -0.25) is 4.90 Å². The highest BCUT2D eigenvalue weighted by molar-refractivity contribution is 7.10. The third-order valence-corrected chi connectivity index (χ3v) is 4.16. The van der Waals surface area contributed by atoms with Crippen LogP contribution in [0.15, 0.2) is 0 Å². The molecule has 0 aromatic carbocycles. The molecule has 1 aromatic heterocycles. The lowest BCUT2D eigenvalue weighted by Gasteiger charge is -2.35. The van der Waals surface area contributed by atoms with Gasteiger partial charge in [-0.05, 0) is 31.4 Å². The predicted molar refractivity (Wildman–Crippen MR) is 70.2 cm³/mol. The molecule has 5 heteroatoms. The van der Waals surface area contributed by atoms with Gasteiger partial charge in [-0.2, -0.15) is 4.37 Å². The molecule has 16 heavy (non-hydrogen) atoms. The van der Waals surface area contributed by atoms with E-state index in [-0.39, 0.29) is 0 Å². The second-order valence-corrected chi connectivity index (χ2v) is 5.08. The lowest BCUT2D eigenvalue weighted by Crippen LogP contribution is -2.46. The number of hydrogen-bond acceptors (Lipinski definition) is 5. The molecule has 0 aliphatic carbocycles. The third kappa shape index (κ3) is 2.30. The van der Waals surface area contributed by atoms with Gasteiger partial charge in [0.25, 0.3) is 0 Å². The second kappa shape index (κ2) is 5.01. The Hall–Kier alpha value is -0.810. The highest BCUT2D eigenvalue weighted by atomic mass is 32.1. The van der Waals surface area contributed by atoms with Gasteiger partial charge in [-0.15, -0.1) is 0 Å². The molecule has 2 rings (SSSR count). The number of hydrogen-bond donors (Lipinski definition) is 1.